The lowest BCUT2D eigenvalue weighted by molar-refractivity contribution is 0.433. The first-order chi connectivity index (χ1) is 6.66. The van der Waals surface area contributed by atoms with Crippen LogP contribution in [0.15, 0.2) is 18.5 Å². The summed E-state index contributed by atoms with van der Waals surface area (Å²) in [6.07, 6.45) is 5.66. The minimum atomic E-state index is 0.0189. The van der Waals surface area contributed by atoms with Crippen molar-refractivity contribution in [2.75, 3.05) is 0 Å². The van der Waals surface area contributed by atoms with Crippen LogP contribution in [0, 0.1) is 5.92 Å². The summed E-state index contributed by atoms with van der Waals surface area (Å²) in [7, 11) is 0. The Hall–Kier alpha value is -0.600. The topological polar surface area (TPSA) is 38.9 Å². The summed E-state index contributed by atoms with van der Waals surface area (Å²) in [5.41, 5.74) is 7.12. The number of aromatic nitrogens is 1. The Morgan fingerprint density at radius 2 is 2.29 bits per heavy atom. The fourth-order valence-corrected chi connectivity index (χ4v) is 1.84. The zero-order valence-corrected chi connectivity index (χ0v) is 9.46. The second kappa shape index (κ2) is 5.32. The summed E-state index contributed by atoms with van der Waals surface area (Å²) in [6.45, 7) is 4.32. The summed E-state index contributed by atoms with van der Waals surface area (Å²) >= 11 is 6.02. The van der Waals surface area contributed by atoms with Gasteiger partial charge in [-0.25, -0.2) is 0 Å². The quantitative estimate of drug-likeness (QED) is 0.833. The highest BCUT2D eigenvalue weighted by molar-refractivity contribution is 6.31. The molecule has 1 rings (SSSR count). The van der Waals surface area contributed by atoms with Crippen LogP contribution in [0.1, 0.15) is 38.3 Å². The van der Waals surface area contributed by atoms with Crippen LogP contribution in [0.3, 0.4) is 0 Å². The van der Waals surface area contributed by atoms with Gasteiger partial charge in [0.1, 0.15) is 0 Å². The van der Waals surface area contributed by atoms with Crippen molar-refractivity contribution in [1.82, 2.24) is 4.98 Å². The SMILES string of the molecule is CCCC(C)C(N)c1ccncc1Cl. The zero-order valence-electron chi connectivity index (χ0n) is 8.70. The van der Waals surface area contributed by atoms with Crippen LogP contribution >= 0.6 is 11.6 Å². The molecule has 1 aromatic rings. The Bertz CT molecular complexity index is 288. The average Bonchev–Trinajstić information content (AvgIpc) is 2.18. The highest BCUT2D eigenvalue weighted by Gasteiger charge is 2.16. The van der Waals surface area contributed by atoms with Crippen molar-refractivity contribution < 1.29 is 0 Å². The molecular weight excluding hydrogens is 196 g/mol. The van der Waals surface area contributed by atoms with Gasteiger partial charge in [-0.15, -0.1) is 0 Å². The monoisotopic (exact) mass is 212 g/mol. The fraction of sp³-hybridized carbons (Fsp3) is 0.545. The Kier molecular flexibility index (Phi) is 4.36. The predicted molar refractivity (Wildman–Crippen MR) is 60.2 cm³/mol. The molecule has 14 heavy (non-hydrogen) atoms. The van der Waals surface area contributed by atoms with Crippen LogP contribution in [0.5, 0.6) is 0 Å². The standard InChI is InChI=1S/C11H17ClN2/c1-3-4-8(2)11(13)9-5-6-14-7-10(9)12/h5-8,11H,3-4,13H2,1-2H3. The van der Waals surface area contributed by atoms with Gasteiger partial charge >= 0.3 is 0 Å². The lowest BCUT2D eigenvalue weighted by atomic mass is 9.92. The van der Waals surface area contributed by atoms with Crippen LogP contribution in [-0.2, 0) is 0 Å². The van der Waals surface area contributed by atoms with Crippen LogP contribution in [0.25, 0.3) is 0 Å². The molecule has 1 heterocycles. The van der Waals surface area contributed by atoms with E-state index < -0.39 is 0 Å². The van der Waals surface area contributed by atoms with Crippen molar-refractivity contribution in [3.63, 3.8) is 0 Å². The Labute approximate surface area is 90.5 Å². The van der Waals surface area contributed by atoms with E-state index >= 15 is 0 Å². The van der Waals surface area contributed by atoms with Gasteiger partial charge in [0.15, 0.2) is 0 Å². The van der Waals surface area contributed by atoms with Crippen molar-refractivity contribution >= 4 is 11.6 Å². The van der Waals surface area contributed by atoms with E-state index in [1.54, 1.807) is 12.4 Å². The maximum Gasteiger partial charge on any atom is 0.0637 e. The van der Waals surface area contributed by atoms with Gasteiger partial charge in [0.25, 0.3) is 0 Å². The molecule has 2 unspecified atom stereocenters. The van der Waals surface area contributed by atoms with E-state index in [9.17, 15) is 0 Å². The van der Waals surface area contributed by atoms with Gasteiger partial charge in [0, 0.05) is 18.4 Å². The summed E-state index contributed by atoms with van der Waals surface area (Å²) in [6, 6.07) is 1.92. The first kappa shape index (κ1) is 11.5. The van der Waals surface area contributed by atoms with Crippen molar-refractivity contribution in [2.45, 2.75) is 32.7 Å². The summed E-state index contributed by atoms with van der Waals surface area (Å²) in [4.78, 5) is 3.95. The normalized spacial score (nSPS) is 15.1. The Morgan fingerprint density at radius 1 is 1.57 bits per heavy atom. The number of nitrogens with two attached hydrogens (primary N) is 1. The number of rotatable bonds is 4. The number of pyridine rings is 1. The van der Waals surface area contributed by atoms with Crippen molar-refractivity contribution in [2.24, 2.45) is 11.7 Å². The minimum absolute atomic E-state index is 0.0189. The minimum Gasteiger partial charge on any atom is -0.324 e. The second-order valence-corrected chi connectivity index (χ2v) is 4.10. The second-order valence-electron chi connectivity index (χ2n) is 3.69. The van der Waals surface area contributed by atoms with Gasteiger partial charge in [0.05, 0.1) is 5.02 Å². The largest absolute Gasteiger partial charge is 0.324 e. The fourth-order valence-electron chi connectivity index (χ4n) is 1.60. The number of halogens is 1. The molecule has 1 aromatic heterocycles. The van der Waals surface area contributed by atoms with E-state index in [-0.39, 0.29) is 6.04 Å². The maximum atomic E-state index is 6.11. The van der Waals surface area contributed by atoms with E-state index in [2.05, 4.69) is 18.8 Å². The molecule has 0 aliphatic carbocycles. The molecule has 0 amide bonds. The molecule has 2 nitrogen and oxygen atoms in total. The zero-order chi connectivity index (χ0) is 10.6. The van der Waals surface area contributed by atoms with E-state index in [0.29, 0.717) is 10.9 Å². The molecule has 2 atom stereocenters. The number of hydrogen-bond acceptors (Lipinski definition) is 2. The molecule has 0 radical (unpaired) electrons. The molecule has 2 N–H and O–H groups in total. The molecule has 0 bridgehead atoms. The van der Waals surface area contributed by atoms with Gasteiger partial charge < -0.3 is 5.73 Å². The van der Waals surface area contributed by atoms with Gasteiger partial charge in [0.2, 0.25) is 0 Å². The maximum absolute atomic E-state index is 6.11. The first-order valence-corrected chi connectivity index (χ1v) is 5.39. The van der Waals surface area contributed by atoms with Crippen LogP contribution in [0.2, 0.25) is 5.02 Å². The highest BCUT2D eigenvalue weighted by Crippen LogP contribution is 2.27. The molecule has 0 fully saturated rings. The molecule has 0 spiro atoms. The summed E-state index contributed by atoms with van der Waals surface area (Å²) in [5, 5.41) is 0.669. The smallest absolute Gasteiger partial charge is 0.0637 e. The summed E-state index contributed by atoms with van der Waals surface area (Å²) < 4.78 is 0. The number of nitrogens with zero attached hydrogens (tertiary/aromatic N) is 1. The lowest BCUT2D eigenvalue weighted by Gasteiger charge is -2.20. The van der Waals surface area contributed by atoms with E-state index in [1.165, 1.54) is 0 Å². The molecule has 0 aromatic carbocycles. The van der Waals surface area contributed by atoms with Gasteiger partial charge in [-0.2, -0.15) is 0 Å². The van der Waals surface area contributed by atoms with Crippen molar-refractivity contribution in [3.8, 4) is 0 Å². The van der Waals surface area contributed by atoms with Crippen LogP contribution in [0.4, 0.5) is 0 Å². The van der Waals surface area contributed by atoms with Crippen LogP contribution < -0.4 is 5.73 Å². The summed E-state index contributed by atoms with van der Waals surface area (Å²) in [5.74, 6) is 0.458. The molecule has 0 aliphatic heterocycles. The molecule has 0 aliphatic rings. The first-order valence-electron chi connectivity index (χ1n) is 5.01. The molecule has 0 saturated heterocycles. The molecular formula is C11H17ClN2. The van der Waals surface area contributed by atoms with Crippen molar-refractivity contribution in [3.05, 3.63) is 29.0 Å². The number of hydrogen-bond donors (Lipinski definition) is 1. The third kappa shape index (κ3) is 2.69. The van der Waals surface area contributed by atoms with E-state index in [1.807, 2.05) is 6.07 Å². The van der Waals surface area contributed by atoms with Gasteiger partial charge in [-0.05, 0) is 24.0 Å². The van der Waals surface area contributed by atoms with Gasteiger partial charge in [-0.1, -0.05) is 31.9 Å². The average molecular weight is 213 g/mol. The van der Waals surface area contributed by atoms with E-state index in [0.717, 1.165) is 18.4 Å². The Morgan fingerprint density at radius 3 is 2.86 bits per heavy atom. The third-order valence-corrected chi connectivity index (χ3v) is 2.84. The van der Waals surface area contributed by atoms with Gasteiger partial charge in [-0.3, -0.25) is 4.98 Å². The van der Waals surface area contributed by atoms with Crippen LogP contribution in [-0.4, -0.2) is 4.98 Å². The van der Waals surface area contributed by atoms with Crippen molar-refractivity contribution in [1.29, 1.82) is 0 Å². The predicted octanol–water partition coefficient (Wildman–Crippen LogP) is 3.17. The van der Waals surface area contributed by atoms with E-state index in [4.69, 9.17) is 17.3 Å². The third-order valence-electron chi connectivity index (χ3n) is 2.52. The molecule has 78 valence electrons. The highest BCUT2D eigenvalue weighted by atomic mass is 35.5. The molecule has 0 saturated carbocycles. The molecule has 3 heteroatoms. The lowest BCUT2D eigenvalue weighted by Crippen LogP contribution is -2.19. The Balaban J connectivity index is 2.78.